The smallest absolute Gasteiger partial charge is 0.335 e. The van der Waals surface area contributed by atoms with Crippen molar-refractivity contribution in [1.29, 1.82) is 0 Å². The number of carbonyl (C=O) groups excluding carboxylic acids is 2. The lowest BCUT2D eigenvalue weighted by Gasteiger charge is -2.23. The van der Waals surface area contributed by atoms with Crippen molar-refractivity contribution < 1.29 is 32.3 Å². The van der Waals surface area contributed by atoms with E-state index in [0.29, 0.717) is 10.6 Å². The Labute approximate surface area is 211 Å². The first-order chi connectivity index (χ1) is 16.8. The Morgan fingerprint density at radius 1 is 1.03 bits per heavy atom. The molecule has 0 radical (unpaired) electrons. The van der Waals surface area contributed by atoms with Gasteiger partial charge in [-0.05, 0) is 66.6 Å². The number of nitrogens with zero attached hydrogens (tertiary/aromatic N) is 1. The van der Waals surface area contributed by atoms with Crippen LogP contribution in [-0.2, 0) is 21.4 Å². The first-order valence-electron chi connectivity index (χ1n) is 10.3. The number of aryl methyl sites for hydroxylation is 1. The monoisotopic (exact) mass is 533 g/mol. The number of sulfonamides is 1. The summed E-state index contributed by atoms with van der Waals surface area (Å²) < 4.78 is 37.7. The molecule has 36 heavy (non-hydrogen) atoms. The molecular weight excluding hydrogens is 513 g/mol. The molecule has 3 aromatic carbocycles. The van der Waals surface area contributed by atoms with E-state index in [9.17, 15) is 27.2 Å². The summed E-state index contributed by atoms with van der Waals surface area (Å²) in [5, 5.41) is 17.0. The second-order valence-corrected chi connectivity index (χ2v) is 9.83. The topological polar surface area (TPSA) is 147 Å². The van der Waals surface area contributed by atoms with Crippen LogP contribution < -0.4 is 10.5 Å². The molecule has 0 saturated heterocycles. The van der Waals surface area contributed by atoms with Gasteiger partial charge in [0.2, 0.25) is 15.9 Å². The van der Waals surface area contributed by atoms with E-state index in [1.165, 1.54) is 30.0 Å². The molecule has 0 fully saturated rings. The Balaban J connectivity index is 1.87. The number of hydrogen-bond donors (Lipinski definition) is 3. The van der Waals surface area contributed by atoms with Gasteiger partial charge in [-0.2, -0.15) is 0 Å². The zero-order valence-electron chi connectivity index (χ0n) is 18.9. The SMILES string of the molecule is Cc1cc(C(=O)N(CC(=O)Nc2ccc(C(=O)O)cc2F)Cc2ccc(Cl)cc2)ccc1S(N)(=O)=O. The van der Waals surface area contributed by atoms with Crippen LogP contribution in [0.3, 0.4) is 0 Å². The van der Waals surface area contributed by atoms with Crippen molar-refractivity contribution in [1.82, 2.24) is 4.90 Å². The van der Waals surface area contributed by atoms with Crippen molar-refractivity contribution >= 4 is 45.1 Å². The van der Waals surface area contributed by atoms with E-state index in [1.54, 1.807) is 24.3 Å². The summed E-state index contributed by atoms with van der Waals surface area (Å²) in [6, 6.07) is 13.4. The largest absolute Gasteiger partial charge is 0.478 e. The number of hydrogen-bond acceptors (Lipinski definition) is 5. The van der Waals surface area contributed by atoms with Crippen molar-refractivity contribution in [3.8, 4) is 0 Å². The molecule has 0 aliphatic rings. The first-order valence-corrected chi connectivity index (χ1v) is 12.3. The Bertz CT molecular complexity index is 1440. The van der Waals surface area contributed by atoms with Gasteiger partial charge in [-0.1, -0.05) is 23.7 Å². The highest BCUT2D eigenvalue weighted by molar-refractivity contribution is 7.89. The summed E-state index contributed by atoms with van der Waals surface area (Å²) in [5.41, 5.74) is 0.467. The van der Waals surface area contributed by atoms with E-state index in [0.717, 1.165) is 18.2 Å². The zero-order chi connectivity index (χ0) is 26.6. The molecule has 0 aliphatic carbocycles. The summed E-state index contributed by atoms with van der Waals surface area (Å²) in [7, 11) is -3.99. The summed E-state index contributed by atoms with van der Waals surface area (Å²) in [6.07, 6.45) is 0. The lowest BCUT2D eigenvalue weighted by Crippen LogP contribution is -2.37. The van der Waals surface area contributed by atoms with Crippen LogP contribution in [0.15, 0.2) is 65.6 Å². The van der Waals surface area contributed by atoms with Crippen LogP contribution in [0.1, 0.15) is 31.8 Å². The van der Waals surface area contributed by atoms with Gasteiger partial charge < -0.3 is 15.3 Å². The second-order valence-electron chi connectivity index (χ2n) is 7.86. The van der Waals surface area contributed by atoms with E-state index in [-0.39, 0.29) is 33.8 Å². The molecule has 0 heterocycles. The third-order valence-electron chi connectivity index (χ3n) is 5.13. The fourth-order valence-electron chi connectivity index (χ4n) is 3.41. The Morgan fingerprint density at radius 2 is 1.67 bits per heavy atom. The quantitative estimate of drug-likeness (QED) is 0.404. The zero-order valence-corrected chi connectivity index (χ0v) is 20.4. The maximum atomic E-state index is 14.3. The molecule has 0 saturated carbocycles. The average molecular weight is 534 g/mol. The van der Waals surface area contributed by atoms with Crippen LogP contribution in [0.2, 0.25) is 5.02 Å². The molecule has 4 N–H and O–H groups in total. The molecule has 0 spiro atoms. The third-order valence-corrected chi connectivity index (χ3v) is 6.45. The number of nitrogens with two attached hydrogens (primary N) is 1. The minimum absolute atomic E-state index is 0.0140. The number of carboxylic acid groups (broad SMARTS) is 1. The third kappa shape index (κ3) is 6.66. The Morgan fingerprint density at radius 3 is 2.22 bits per heavy atom. The first kappa shape index (κ1) is 26.8. The fraction of sp³-hybridized carbons (Fsp3) is 0.125. The predicted octanol–water partition coefficient (Wildman–Crippen LogP) is 3.41. The molecule has 0 bridgehead atoms. The van der Waals surface area contributed by atoms with Crippen LogP contribution in [0.5, 0.6) is 0 Å². The Hall–Kier alpha value is -3.80. The number of halogens is 2. The fourth-order valence-corrected chi connectivity index (χ4v) is 4.30. The van der Waals surface area contributed by atoms with E-state index >= 15 is 0 Å². The summed E-state index contributed by atoms with van der Waals surface area (Å²) in [6.45, 7) is 0.980. The summed E-state index contributed by atoms with van der Waals surface area (Å²) in [4.78, 5) is 38.1. The van der Waals surface area contributed by atoms with Crippen LogP contribution in [0, 0.1) is 12.7 Å². The number of rotatable bonds is 8. The van der Waals surface area contributed by atoms with Crippen LogP contribution >= 0.6 is 11.6 Å². The molecule has 12 heteroatoms. The van der Waals surface area contributed by atoms with Crippen LogP contribution in [-0.4, -0.2) is 42.8 Å². The summed E-state index contributed by atoms with van der Waals surface area (Å²) >= 11 is 5.92. The average Bonchev–Trinajstić information content (AvgIpc) is 2.79. The second kappa shape index (κ2) is 10.9. The van der Waals surface area contributed by atoms with Gasteiger partial charge in [0.15, 0.2) is 0 Å². The minimum atomic E-state index is -3.99. The molecule has 0 atom stereocenters. The number of benzene rings is 3. The number of nitrogens with one attached hydrogen (secondary N) is 1. The normalized spacial score (nSPS) is 11.1. The van der Waals surface area contributed by atoms with Gasteiger partial charge in [0.25, 0.3) is 5.91 Å². The molecule has 2 amide bonds. The predicted molar refractivity (Wildman–Crippen MR) is 131 cm³/mol. The van der Waals surface area contributed by atoms with Crippen molar-refractivity contribution in [2.24, 2.45) is 5.14 Å². The maximum Gasteiger partial charge on any atom is 0.335 e. The van der Waals surface area contributed by atoms with Gasteiger partial charge in [-0.15, -0.1) is 0 Å². The molecule has 188 valence electrons. The number of aromatic carboxylic acids is 1. The summed E-state index contributed by atoms with van der Waals surface area (Å²) in [5.74, 6) is -3.61. The molecule has 0 unspecified atom stereocenters. The maximum absolute atomic E-state index is 14.3. The van der Waals surface area contributed by atoms with Crippen molar-refractivity contribution in [3.63, 3.8) is 0 Å². The lowest BCUT2D eigenvalue weighted by atomic mass is 10.1. The van der Waals surface area contributed by atoms with Crippen LogP contribution in [0.25, 0.3) is 0 Å². The van der Waals surface area contributed by atoms with Gasteiger partial charge in [-0.25, -0.2) is 22.7 Å². The highest BCUT2D eigenvalue weighted by Crippen LogP contribution is 2.20. The van der Waals surface area contributed by atoms with Crippen LogP contribution in [0.4, 0.5) is 10.1 Å². The van der Waals surface area contributed by atoms with Crippen molar-refractivity contribution in [2.75, 3.05) is 11.9 Å². The molecular formula is C24H21ClFN3O6S. The Kier molecular flexibility index (Phi) is 8.08. The molecule has 0 aromatic heterocycles. The van der Waals surface area contributed by atoms with E-state index in [1.807, 2.05) is 0 Å². The minimum Gasteiger partial charge on any atom is -0.478 e. The van der Waals surface area contributed by atoms with Crippen molar-refractivity contribution in [2.45, 2.75) is 18.4 Å². The van der Waals surface area contributed by atoms with Gasteiger partial charge >= 0.3 is 5.97 Å². The lowest BCUT2D eigenvalue weighted by molar-refractivity contribution is -0.117. The standard InChI is InChI=1S/C24H21ClFN3O6S/c1-14-10-16(5-9-21(14)36(27,34)35)23(31)29(12-15-2-6-18(25)7-3-15)13-22(30)28-20-8-4-17(24(32)33)11-19(20)26/h2-11H,12-13H2,1H3,(H,28,30)(H,32,33)(H2,27,34,35). The van der Waals surface area contributed by atoms with Crippen molar-refractivity contribution in [3.05, 3.63) is 93.8 Å². The van der Waals surface area contributed by atoms with E-state index in [4.69, 9.17) is 21.8 Å². The number of carbonyl (C=O) groups is 3. The number of carboxylic acids is 1. The molecule has 3 aromatic rings. The van der Waals surface area contributed by atoms with E-state index < -0.39 is 40.2 Å². The number of anilines is 1. The van der Waals surface area contributed by atoms with Gasteiger partial charge in [0, 0.05) is 17.1 Å². The highest BCUT2D eigenvalue weighted by atomic mass is 35.5. The van der Waals surface area contributed by atoms with E-state index in [2.05, 4.69) is 5.32 Å². The van der Waals surface area contributed by atoms with Gasteiger partial charge in [-0.3, -0.25) is 9.59 Å². The van der Waals surface area contributed by atoms with Gasteiger partial charge in [0.05, 0.1) is 16.1 Å². The molecule has 9 nitrogen and oxygen atoms in total. The highest BCUT2D eigenvalue weighted by Gasteiger charge is 2.22. The molecule has 3 rings (SSSR count). The molecule has 0 aliphatic heterocycles. The van der Waals surface area contributed by atoms with Gasteiger partial charge in [0.1, 0.15) is 12.4 Å². The number of primary sulfonamides is 1. The number of amides is 2.